The van der Waals surface area contributed by atoms with E-state index in [4.69, 9.17) is 9.84 Å². The molecule has 0 aromatic carbocycles. The Morgan fingerprint density at radius 3 is 2.67 bits per heavy atom. The van der Waals surface area contributed by atoms with Crippen molar-refractivity contribution >= 4 is 21.7 Å². The molecule has 100 valence electrons. The lowest BCUT2D eigenvalue weighted by molar-refractivity contribution is -0.390. The van der Waals surface area contributed by atoms with E-state index in [9.17, 15) is 20.3 Å². The van der Waals surface area contributed by atoms with Crippen molar-refractivity contribution in [2.45, 2.75) is 24.5 Å². The Morgan fingerprint density at radius 2 is 2.22 bits per heavy atom. The number of aliphatic hydroxyl groups excluding tert-OH is 3. The average Bonchev–Trinajstić information content (AvgIpc) is 2.82. The van der Waals surface area contributed by atoms with E-state index in [0.29, 0.717) is 0 Å². The van der Waals surface area contributed by atoms with E-state index >= 15 is 0 Å². The highest BCUT2D eigenvalue weighted by molar-refractivity contribution is 9.10. The minimum absolute atomic E-state index is 0.0161. The van der Waals surface area contributed by atoms with Crippen molar-refractivity contribution in [2.24, 2.45) is 0 Å². The molecule has 18 heavy (non-hydrogen) atoms. The molecule has 1 aliphatic heterocycles. The Labute approximate surface area is 109 Å². The molecule has 0 bridgehead atoms. The molecule has 3 N–H and O–H groups in total. The largest absolute Gasteiger partial charge is 0.396 e. The first-order valence-electron chi connectivity index (χ1n) is 4.96. The van der Waals surface area contributed by atoms with E-state index in [1.54, 1.807) is 0 Å². The number of halogens is 1. The van der Waals surface area contributed by atoms with Crippen LogP contribution in [0.1, 0.15) is 6.23 Å². The maximum atomic E-state index is 10.6. The van der Waals surface area contributed by atoms with Crippen LogP contribution < -0.4 is 0 Å². The number of ether oxygens (including phenoxy) is 1. The number of imidazole rings is 1. The highest BCUT2D eigenvalue weighted by atomic mass is 79.9. The van der Waals surface area contributed by atoms with Gasteiger partial charge >= 0.3 is 5.82 Å². The molecule has 1 saturated heterocycles. The predicted octanol–water partition coefficient (Wildman–Crippen LogP) is -0.835. The van der Waals surface area contributed by atoms with Crippen LogP contribution in [0.15, 0.2) is 10.9 Å². The van der Waals surface area contributed by atoms with Gasteiger partial charge < -0.3 is 30.2 Å². The molecule has 1 fully saturated rings. The van der Waals surface area contributed by atoms with Gasteiger partial charge in [-0.15, -0.1) is 0 Å². The number of nitrogens with zero attached hydrogens (tertiary/aromatic N) is 3. The number of aromatic nitrogens is 2. The fraction of sp³-hybridized carbons (Fsp3) is 0.625. The van der Waals surface area contributed by atoms with Crippen LogP contribution in [0.3, 0.4) is 0 Å². The summed E-state index contributed by atoms with van der Waals surface area (Å²) in [5.74, 6) is -0.423. The molecule has 10 heteroatoms. The zero-order chi connectivity index (χ0) is 13.4. The molecule has 2 heterocycles. The summed E-state index contributed by atoms with van der Waals surface area (Å²) < 4.78 is 6.41. The maximum Gasteiger partial charge on any atom is 0.396 e. The van der Waals surface area contributed by atoms with Gasteiger partial charge in [-0.3, -0.25) is 4.57 Å². The van der Waals surface area contributed by atoms with Crippen LogP contribution in [0.5, 0.6) is 0 Å². The molecule has 0 unspecified atom stereocenters. The number of hydrogen-bond donors (Lipinski definition) is 3. The van der Waals surface area contributed by atoms with Crippen molar-refractivity contribution < 1.29 is 25.0 Å². The molecule has 0 spiro atoms. The molecule has 4 atom stereocenters. The first kappa shape index (κ1) is 13.4. The van der Waals surface area contributed by atoms with Crippen LogP contribution >= 0.6 is 15.9 Å². The molecule has 1 aromatic rings. The topological polar surface area (TPSA) is 131 Å². The SMILES string of the molecule is O=[N+]([O-])c1ncn([C@H]2O[C@@H](CO)[C@@H](O)[C@@H]2O)c1Br. The van der Waals surface area contributed by atoms with E-state index in [1.165, 1.54) is 4.57 Å². The third-order valence-corrected chi connectivity index (χ3v) is 3.44. The molecule has 2 rings (SSSR count). The van der Waals surface area contributed by atoms with Crippen molar-refractivity contribution in [1.29, 1.82) is 0 Å². The maximum absolute atomic E-state index is 10.6. The first-order chi connectivity index (χ1) is 8.47. The number of hydrogen-bond acceptors (Lipinski definition) is 7. The quantitative estimate of drug-likeness (QED) is 0.488. The van der Waals surface area contributed by atoms with Gasteiger partial charge in [0.15, 0.2) is 10.8 Å². The second-order valence-electron chi connectivity index (χ2n) is 3.75. The van der Waals surface area contributed by atoms with Gasteiger partial charge in [-0.1, -0.05) is 0 Å². The Kier molecular flexibility index (Phi) is 3.64. The third kappa shape index (κ3) is 2.01. The van der Waals surface area contributed by atoms with Crippen LogP contribution in [0, 0.1) is 10.1 Å². The molecular weight excluding hydrogens is 314 g/mol. The molecular formula is C8H10BrN3O6. The smallest absolute Gasteiger partial charge is 0.394 e. The molecule has 1 aliphatic rings. The fourth-order valence-corrected chi connectivity index (χ4v) is 2.29. The van der Waals surface area contributed by atoms with Crippen LogP contribution in [-0.2, 0) is 4.74 Å². The van der Waals surface area contributed by atoms with Crippen molar-refractivity contribution in [3.8, 4) is 0 Å². The van der Waals surface area contributed by atoms with Crippen molar-refractivity contribution in [2.75, 3.05) is 6.61 Å². The zero-order valence-corrected chi connectivity index (χ0v) is 10.5. The summed E-state index contributed by atoms with van der Waals surface area (Å²) in [6.45, 7) is -0.469. The second-order valence-corrected chi connectivity index (χ2v) is 4.50. The van der Waals surface area contributed by atoms with Crippen LogP contribution in [0.25, 0.3) is 0 Å². The molecule has 0 saturated carbocycles. The Balaban J connectivity index is 2.30. The summed E-state index contributed by atoms with van der Waals surface area (Å²) in [7, 11) is 0. The van der Waals surface area contributed by atoms with E-state index in [2.05, 4.69) is 20.9 Å². The van der Waals surface area contributed by atoms with Gasteiger partial charge in [0.25, 0.3) is 0 Å². The number of aliphatic hydroxyl groups is 3. The standard InChI is InChI=1S/C8H10BrN3O6/c9-6-7(12(16)17)10-2-11(6)8-5(15)4(14)3(1-13)18-8/h2-5,8,13-15H,1H2/t3-,4+,5-,8-/m0/s1. The number of nitro groups is 1. The van der Waals surface area contributed by atoms with Crippen molar-refractivity contribution in [3.05, 3.63) is 21.0 Å². The van der Waals surface area contributed by atoms with Gasteiger partial charge in [-0.2, -0.15) is 0 Å². The van der Waals surface area contributed by atoms with Crippen LogP contribution in [0.4, 0.5) is 5.82 Å². The summed E-state index contributed by atoms with van der Waals surface area (Å²) in [4.78, 5) is 13.5. The van der Waals surface area contributed by atoms with Gasteiger partial charge in [-0.25, -0.2) is 0 Å². The van der Waals surface area contributed by atoms with Crippen LogP contribution in [0.2, 0.25) is 0 Å². The predicted molar refractivity (Wildman–Crippen MR) is 59.6 cm³/mol. The second kappa shape index (κ2) is 4.90. The summed E-state index contributed by atoms with van der Waals surface area (Å²) in [6, 6.07) is 0. The summed E-state index contributed by atoms with van der Waals surface area (Å²) >= 11 is 2.97. The molecule has 0 aliphatic carbocycles. The zero-order valence-electron chi connectivity index (χ0n) is 8.88. The van der Waals surface area contributed by atoms with Gasteiger partial charge in [0.1, 0.15) is 18.3 Å². The number of rotatable bonds is 3. The van der Waals surface area contributed by atoms with Crippen molar-refractivity contribution in [1.82, 2.24) is 9.55 Å². The molecule has 0 amide bonds. The first-order valence-corrected chi connectivity index (χ1v) is 5.75. The lowest BCUT2D eigenvalue weighted by atomic mass is 10.1. The molecule has 1 aromatic heterocycles. The fourth-order valence-electron chi connectivity index (χ4n) is 1.75. The summed E-state index contributed by atoms with van der Waals surface area (Å²) in [6.07, 6.45) is -3.46. The van der Waals surface area contributed by atoms with E-state index in [1.807, 2.05) is 0 Å². The Hall–Kier alpha value is -1.07. The summed E-state index contributed by atoms with van der Waals surface area (Å²) in [5.41, 5.74) is 0. The average molecular weight is 324 g/mol. The Bertz CT molecular complexity index is 466. The van der Waals surface area contributed by atoms with Crippen molar-refractivity contribution in [3.63, 3.8) is 0 Å². The van der Waals surface area contributed by atoms with Gasteiger partial charge in [0.2, 0.25) is 6.33 Å². The summed E-state index contributed by atoms with van der Waals surface area (Å²) in [5, 5.41) is 38.9. The van der Waals surface area contributed by atoms with E-state index in [0.717, 1.165) is 6.33 Å². The normalized spacial score (nSPS) is 31.8. The molecule has 0 radical (unpaired) electrons. The van der Waals surface area contributed by atoms with Crippen LogP contribution in [-0.4, -0.2) is 54.7 Å². The minimum Gasteiger partial charge on any atom is -0.394 e. The monoisotopic (exact) mass is 323 g/mol. The van der Waals surface area contributed by atoms with Gasteiger partial charge in [0.05, 0.1) is 6.61 Å². The highest BCUT2D eigenvalue weighted by Crippen LogP contribution is 2.34. The lowest BCUT2D eigenvalue weighted by Gasteiger charge is -2.15. The van der Waals surface area contributed by atoms with E-state index < -0.39 is 41.9 Å². The van der Waals surface area contributed by atoms with Gasteiger partial charge in [-0.05, 0) is 25.8 Å². The van der Waals surface area contributed by atoms with Gasteiger partial charge in [0, 0.05) is 0 Å². The minimum atomic E-state index is -1.31. The Morgan fingerprint density at radius 1 is 1.56 bits per heavy atom. The lowest BCUT2D eigenvalue weighted by Crippen LogP contribution is -2.33. The van der Waals surface area contributed by atoms with E-state index in [-0.39, 0.29) is 4.60 Å². The molecule has 9 nitrogen and oxygen atoms in total. The highest BCUT2D eigenvalue weighted by Gasteiger charge is 2.45. The third-order valence-electron chi connectivity index (χ3n) is 2.68.